The number of carboxylic acid groups (broad SMARTS) is 1. The maximum atomic E-state index is 11.4. The predicted octanol–water partition coefficient (Wildman–Crippen LogP) is 6.82. The fraction of sp³-hybridized carbons (Fsp3) is 0.621. The van der Waals surface area contributed by atoms with Crippen molar-refractivity contribution < 1.29 is 14.6 Å². The molecule has 1 saturated heterocycles. The van der Waals surface area contributed by atoms with E-state index < -0.39 is 5.97 Å². The van der Waals surface area contributed by atoms with Crippen molar-refractivity contribution >= 4 is 16.7 Å². The van der Waals surface area contributed by atoms with E-state index in [-0.39, 0.29) is 12.0 Å². The van der Waals surface area contributed by atoms with Gasteiger partial charge in [0.1, 0.15) is 5.75 Å². The lowest BCUT2D eigenvalue weighted by atomic mass is 9.69. The summed E-state index contributed by atoms with van der Waals surface area (Å²) in [5.74, 6) is 0.969. The molecule has 2 aliphatic rings. The highest BCUT2D eigenvalue weighted by Crippen LogP contribution is 2.42. The lowest BCUT2D eigenvalue weighted by Crippen LogP contribution is -2.36. The van der Waals surface area contributed by atoms with Gasteiger partial charge in [-0.15, -0.1) is 0 Å². The van der Waals surface area contributed by atoms with Crippen molar-refractivity contribution in [2.24, 2.45) is 17.3 Å². The van der Waals surface area contributed by atoms with E-state index >= 15 is 0 Å². The number of aryl methyl sites for hydroxylation is 1. The second kappa shape index (κ2) is 10.0. The topological polar surface area (TPSA) is 49.8 Å². The van der Waals surface area contributed by atoms with Gasteiger partial charge in [0.2, 0.25) is 0 Å². The number of ether oxygens (including phenoxy) is 1. The first-order chi connectivity index (χ1) is 15.8. The van der Waals surface area contributed by atoms with E-state index in [1.807, 2.05) is 0 Å². The molecule has 4 rings (SSSR count). The molecule has 33 heavy (non-hydrogen) atoms. The molecule has 2 aromatic rings. The molecule has 0 amide bonds. The van der Waals surface area contributed by atoms with E-state index in [0.29, 0.717) is 5.41 Å². The Bertz CT molecular complexity index is 966. The molecule has 1 aliphatic carbocycles. The first-order valence-corrected chi connectivity index (χ1v) is 12.9. The average molecular weight is 452 g/mol. The van der Waals surface area contributed by atoms with Crippen LogP contribution in [0.25, 0.3) is 10.8 Å². The lowest BCUT2D eigenvalue weighted by molar-refractivity contribution is -0.143. The molecule has 180 valence electrons. The average Bonchev–Trinajstić information content (AvgIpc) is 2.82. The Morgan fingerprint density at radius 2 is 1.70 bits per heavy atom. The Kier molecular flexibility index (Phi) is 7.33. The highest BCUT2D eigenvalue weighted by Gasteiger charge is 2.33. The standard InChI is InChI=1S/C29H41NO3/c1-5-29(3,4)22-10-12-23(13-11-22)33-27-18-20(2)24-8-6-7-9-25(24)26(27)19-30-16-14-21(15-17-30)28(31)32/h6-9,18,21-23H,5,10-17,19H2,1-4H3,(H,31,32)/t22-,23-. The van der Waals surface area contributed by atoms with Crippen molar-refractivity contribution in [2.45, 2.75) is 85.3 Å². The van der Waals surface area contributed by atoms with Gasteiger partial charge in [0.25, 0.3) is 0 Å². The molecule has 0 atom stereocenters. The molecule has 4 heteroatoms. The SMILES string of the molecule is CCC(C)(C)[C@H]1CC[C@H](Oc2cc(C)c3ccccc3c2CN2CCC(C(=O)O)CC2)CC1. The van der Waals surface area contributed by atoms with E-state index in [2.05, 4.69) is 62.9 Å². The summed E-state index contributed by atoms with van der Waals surface area (Å²) in [6.07, 6.45) is 7.72. The molecule has 1 saturated carbocycles. The summed E-state index contributed by atoms with van der Waals surface area (Å²) in [6.45, 7) is 11.8. The van der Waals surface area contributed by atoms with Crippen molar-refractivity contribution in [2.75, 3.05) is 13.1 Å². The first kappa shape index (κ1) is 24.1. The molecule has 2 aromatic carbocycles. The number of likely N-dealkylation sites (tertiary alicyclic amines) is 1. The first-order valence-electron chi connectivity index (χ1n) is 12.9. The summed E-state index contributed by atoms with van der Waals surface area (Å²) < 4.78 is 6.75. The van der Waals surface area contributed by atoms with E-state index in [1.165, 1.54) is 41.2 Å². The number of piperidine rings is 1. The van der Waals surface area contributed by atoms with Gasteiger partial charge in [0, 0.05) is 12.1 Å². The third-order valence-corrected chi connectivity index (χ3v) is 8.62. The summed E-state index contributed by atoms with van der Waals surface area (Å²) in [7, 11) is 0. The molecule has 2 fully saturated rings. The number of benzene rings is 2. The van der Waals surface area contributed by atoms with E-state index in [0.717, 1.165) is 57.0 Å². The van der Waals surface area contributed by atoms with Gasteiger partial charge in [-0.1, -0.05) is 51.5 Å². The van der Waals surface area contributed by atoms with E-state index in [4.69, 9.17) is 4.74 Å². The summed E-state index contributed by atoms with van der Waals surface area (Å²) >= 11 is 0. The normalized spacial score (nSPS) is 23.0. The molecule has 0 bridgehead atoms. The zero-order valence-electron chi connectivity index (χ0n) is 20.9. The van der Waals surface area contributed by atoms with Crippen molar-refractivity contribution in [1.82, 2.24) is 4.90 Å². The van der Waals surface area contributed by atoms with E-state index in [9.17, 15) is 9.90 Å². The number of hydrogen-bond acceptors (Lipinski definition) is 3. The maximum Gasteiger partial charge on any atom is 0.306 e. The predicted molar refractivity (Wildman–Crippen MR) is 135 cm³/mol. The number of rotatable bonds is 7. The molecule has 1 N–H and O–H groups in total. The lowest BCUT2D eigenvalue weighted by Gasteiger charge is -2.39. The van der Waals surface area contributed by atoms with Gasteiger partial charge in [-0.05, 0) is 92.3 Å². The maximum absolute atomic E-state index is 11.4. The van der Waals surface area contributed by atoms with Gasteiger partial charge in [0.05, 0.1) is 12.0 Å². The van der Waals surface area contributed by atoms with Crippen LogP contribution in [0.4, 0.5) is 0 Å². The number of aliphatic carboxylic acids is 1. The smallest absolute Gasteiger partial charge is 0.306 e. The summed E-state index contributed by atoms with van der Waals surface area (Å²) in [5.41, 5.74) is 2.94. The molecular formula is C29H41NO3. The monoisotopic (exact) mass is 451 g/mol. The quantitative estimate of drug-likeness (QED) is 0.502. The number of carboxylic acids is 1. The minimum Gasteiger partial charge on any atom is -0.490 e. The molecule has 0 unspecified atom stereocenters. The van der Waals surface area contributed by atoms with Crippen LogP contribution in [0.5, 0.6) is 5.75 Å². The molecule has 0 radical (unpaired) electrons. The van der Waals surface area contributed by atoms with Crippen molar-refractivity contribution in [1.29, 1.82) is 0 Å². The van der Waals surface area contributed by atoms with Crippen LogP contribution in [0.15, 0.2) is 30.3 Å². The Hall–Kier alpha value is -2.07. The minimum absolute atomic E-state index is 0.200. The molecular weight excluding hydrogens is 410 g/mol. The second-order valence-corrected chi connectivity index (χ2v) is 11.0. The Morgan fingerprint density at radius 1 is 1.06 bits per heavy atom. The van der Waals surface area contributed by atoms with Crippen molar-refractivity contribution in [3.8, 4) is 5.75 Å². The third kappa shape index (κ3) is 5.37. The van der Waals surface area contributed by atoms with Crippen LogP contribution < -0.4 is 4.74 Å². The van der Waals surface area contributed by atoms with Crippen molar-refractivity contribution in [3.05, 3.63) is 41.5 Å². The number of hydrogen-bond donors (Lipinski definition) is 1. The van der Waals surface area contributed by atoms with Crippen LogP contribution in [0.3, 0.4) is 0 Å². The molecule has 0 spiro atoms. The molecule has 1 aliphatic heterocycles. The summed E-state index contributed by atoms with van der Waals surface area (Å²) in [5, 5.41) is 11.9. The highest BCUT2D eigenvalue weighted by atomic mass is 16.5. The van der Waals surface area contributed by atoms with Crippen LogP contribution in [-0.2, 0) is 11.3 Å². The third-order valence-electron chi connectivity index (χ3n) is 8.62. The van der Waals surface area contributed by atoms with Crippen LogP contribution in [0, 0.1) is 24.2 Å². The summed E-state index contributed by atoms with van der Waals surface area (Å²) in [6, 6.07) is 10.9. The summed E-state index contributed by atoms with van der Waals surface area (Å²) in [4.78, 5) is 13.8. The van der Waals surface area contributed by atoms with Gasteiger partial charge in [-0.2, -0.15) is 0 Å². The molecule has 4 nitrogen and oxygen atoms in total. The molecule has 0 aromatic heterocycles. The van der Waals surface area contributed by atoms with Gasteiger partial charge < -0.3 is 9.84 Å². The van der Waals surface area contributed by atoms with Gasteiger partial charge >= 0.3 is 5.97 Å². The second-order valence-electron chi connectivity index (χ2n) is 11.0. The van der Waals surface area contributed by atoms with Gasteiger partial charge in [-0.3, -0.25) is 9.69 Å². The Labute approximate surface area is 199 Å². The Morgan fingerprint density at radius 3 is 2.30 bits per heavy atom. The fourth-order valence-electron chi connectivity index (χ4n) is 5.84. The van der Waals surface area contributed by atoms with Crippen LogP contribution in [-0.4, -0.2) is 35.2 Å². The van der Waals surface area contributed by atoms with Crippen LogP contribution in [0.1, 0.15) is 76.8 Å². The Balaban J connectivity index is 1.54. The van der Waals surface area contributed by atoms with Crippen molar-refractivity contribution in [3.63, 3.8) is 0 Å². The van der Waals surface area contributed by atoms with E-state index in [1.54, 1.807) is 0 Å². The largest absolute Gasteiger partial charge is 0.490 e. The fourth-order valence-corrected chi connectivity index (χ4v) is 5.84. The highest BCUT2D eigenvalue weighted by molar-refractivity contribution is 5.90. The van der Waals surface area contributed by atoms with Gasteiger partial charge in [-0.25, -0.2) is 0 Å². The number of carbonyl (C=O) groups is 1. The number of nitrogens with zero attached hydrogens (tertiary/aromatic N) is 1. The minimum atomic E-state index is -0.652. The number of fused-ring (bicyclic) bond motifs is 1. The zero-order chi connectivity index (χ0) is 23.6. The van der Waals surface area contributed by atoms with Crippen LogP contribution >= 0.6 is 0 Å². The van der Waals surface area contributed by atoms with Gasteiger partial charge in [0.15, 0.2) is 0 Å². The van der Waals surface area contributed by atoms with Crippen LogP contribution in [0.2, 0.25) is 0 Å². The zero-order valence-corrected chi connectivity index (χ0v) is 20.9. The molecule has 1 heterocycles.